The summed E-state index contributed by atoms with van der Waals surface area (Å²) >= 11 is 0. The average Bonchev–Trinajstić information content (AvgIpc) is 2.52. The molecule has 0 amide bonds. The summed E-state index contributed by atoms with van der Waals surface area (Å²) in [5.74, 6) is 0. The van der Waals surface area contributed by atoms with Gasteiger partial charge in [-0.3, -0.25) is 4.55 Å². The third kappa shape index (κ3) is 14.2. The quantitative estimate of drug-likeness (QED) is 0.264. The van der Waals surface area contributed by atoms with Crippen LogP contribution < -0.4 is 0 Å². The second-order valence-corrected chi connectivity index (χ2v) is 8.80. The van der Waals surface area contributed by atoms with Gasteiger partial charge in [0, 0.05) is 0 Å². The minimum absolute atomic E-state index is 0.342. The lowest BCUT2D eigenvalue weighted by atomic mass is 10.0. The van der Waals surface area contributed by atoms with E-state index in [2.05, 4.69) is 6.92 Å². The minimum atomic E-state index is -3.97. The molecule has 5 heteroatoms. The Hall–Kier alpha value is -0.130. The second-order valence-electron chi connectivity index (χ2n) is 7.10. The van der Waals surface area contributed by atoms with Crippen molar-refractivity contribution in [3.8, 4) is 0 Å². The molecule has 0 saturated carbocycles. The molecule has 0 aromatic carbocycles. The number of aliphatic hydroxyl groups excluding tert-OH is 1. The summed E-state index contributed by atoms with van der Waals surface area (Å²) in [6.07, 6.45) is 15.6. The second kappa shape index (κ2) is 15.2. The number of unbranched alkanes of at least 4 members (excludes halogenated alkanes) is 10. The van der Waals surface area contributed by atoms with E-state index in [4.69, 9.17) is 4.55 Å². The molecule has 24 heavy (non-hydrogen) atoms. The van der Waals surface area contributed by atoms with Crippen molar-refractivity contribution < 1.29 is 18.1 Å². The summed E-state index contributed by atoms with van der Waals surface area (Å²) in [6.45, 7) is 3.99. The lowest BCUT2D eigenvalue weighted by Gasteiger charge is -2.14. The Morgan fingerprint density at radius 2 is 1.17 bits per heavy atom. The van der Waals surface area contributed by atoms with Crippen LogP contribution in [0.15, 0.2) is 0 Å². The predicted molar refractivity (Wildman–Crippen MR) is 102 cm³/mol. The third-order valence-electron chi connectivity index (χ3n) is 4.84. The SMILES string of the molecule is CCCCCCCCCCCCCC(O)CCC(CC)S(=O)(=O)O. The number of aliphatic hydroxyl groups is 1. The summed E-state index contributed by atoms with van der Waals surface area (Å²) in [5.41, 5.74) is 0. The Balaban J connectivity index is 3.45. The summed E-state index contributed by atoms with van der Waals surface area (Å²) in [7, 11) is -3.97. The molecular formula is C19H40O4S. The highest BCUT2D eigenvalue weighted by molar-refractivity contribution is 7.86. The van der Waals surface area contributed by atoms with Gasteiger partial charge in [-0.1, -0.05) is 84.5 Å². The fourth-order valence-corrected chi connectivity index (χ4v) is 3.99. The minimum Gasteiger partial charge on any atom is -0.393 e. The first-order chi connectivity index (χ1) is 11.4. The van der Waals surface area contributed by atoms with Crippen molar-refractivity contribution >= 4 is 10.1 Å². The maximum Gasteiger partial charge on any atom is 0.267 e. The Bertz CT molecular complexity index is 368. The smallest absolute Gasteiger partial charge is 0.267 e. The van der Waals surface area contributed by atoms with Crippen LogP contribution in [0, 0.1) is 0 Å². The Morgan fingerprint density at radius 1 is 0.708 bits per heavy atom. The van der Waals surface area contributed by atoms with Gasteiger partial charge in [0.25, 0.3) is 10.1 Å². The van der Waals surface area contributed by atoms with Crippen LogP contribution in [0.25, 0.3) is 0 Å². The van der Waals surface area contributed by atoms with Crippen molar-refractivity contribution in [3.05, 3.63) is 0 Å². The van der Waals surface area contributed by atoms with Crippen LogP contribution >= 0.6 is 0 Å². The first-order valence-corrected chi connectivity index (χ1v) is 11.6. The van der Waals surface area contributed by atoms with Crippen LogP contribution in [0.5, 0.6) is 0 Å². The van der Waals surface area contributed by atoms with E-state index in [0.717, 1.165) is 19.3 Å². The normalized spacial score (nSPS) is 14.7. The highest BCUT2D eigenvalue weighted by atomic mass is 32.2. The van der Waals surface area contributed by atoms with Gasteiger partial charge in [-0.2, -0.15) is 8.42 Å². The lowest BCUT2D eigenvalue weighted by Crippen LogP contribution is -2.21. The van der Waals surface area contributed by atoms with E-state index in [1.54, 1.807) is 6.92 Å². The highest BCUT2D eigenvalue weighted by Crippen LogP contribution is 2.17. The standard InChI is InChI=1S/C19H40O4S/c1-3-5-6-7-8-9-10-11-12-13-14-15-18(20)16-17-19(4-2)24(21,22)23/h18-20H,3-17H2,1-2H3,(H,21,22,23). The molecule has 0 bridgehead atoms. The zero-order valence-electron chi connectivity index (χ0n) is 15.9. The van der Waals surface area contributed by atoms with Crippen LogP contribution in [-0.2, 0) is 10.1 Å². The molecule has 0 aliphatic heterocycles. The molecule has 2 N–H and O–H groups in total. The first kappa shape index (κ1) is 23.9. The van der Waals surface area contributed by atoms with Crippen molar-refractivity contribution in [2.75, 3.05) is 0 Å². The number of hydrogen-bond acceptors (Lipinski definition) is 3. The predicted octanol–water partition coefficient (Wildman–Crippen LogP) is 5.50. The molecular weight excluding hydrogens is 324 g/mol. The number of rotatable bonds is 17. The molecule has 0 aliphatic rings. The molecule has 0 radical (unpaired) electrons. The van der Waals surface area contributed by atoms with Gasteiger partial charge in [0.05, 0.1) is 11.4 Å². The van der Waals surface area contributed by atoms with E-state index in [9.17, 15) is 13.5 Å². The lowest BCUT2D eigenvalue weighted by molar-refractivity contribution is 0.147. The zero-order valence-corrected chi connectivity index (χ0v) is 16.7. The topological polar surface area (TPSA) is 74.6 Å². The van der Waals surface area contributed by atoms with E-state index in [-0.39, 0.29) is 0 Å². The summed E-state index contributed by atoms with van der Waals surface area (Å²) in [6, 6.07) is 0. The highest BCUT2D eigenvalue weighted by Gasteiger charge is 2.21. The van der Waals surface area contributed by atoms with Crippen LogP contribution in [0.1, 0.15) is 110 Å². The molecule has 0 fully saturated rings. The molecule has 0 aromatic heterocycles. The van der Waals surface area contributed by atoms with E-state index in [1.165, 1.54) is 57.8 Å². The monoisotopic (exact) mass is 364 g/mol. The first-order valence-electron chi connectivity index (χ1n) is 10.1. The summed E-state index contributed by atoms with van der Waals surface area (Å²) in [4.78, 5) is 0. The van der Waals surface area contributed by atoms with Gasteiger partial charge in [0.2, 0.25) is 0 Å². The molecule has 2 unspecified atom stereocenters. The molecule has 0 aromatic rings. The van der Waals surface area contributed by atoms with Crippen molar-refractivity contribution in [3.63, 3.8) is 0 Å². The summed E-state index contributed by atoms with van der Waals surface area (Å²) in [5, 5.41) is 9.19. The molecule has 0 spiro atoms. The van der Waals surface area contributed by atoms with Gasteiger partial charge in [0.15, 0.2) is 0 Å². The van der Waals surface area contributed by atoms with Gasteiger partial charge in [0.1, 0.15) is 0 Å². The van der Waals surface area contributed by atoms with Crippen molar-refractivity contribution in [2.45, 2.75) is 122 Å². The van der Waals surface area contributed by atoms with Crippen molar-refractivity contribution in [1.82, 2.24) is 0 Å². The van der Waals surface area contributed by atoms with E-state index in [0.29, 0.717) is 19.3 Å². The largest absolute Gasteiger partial charge is 0.393 e. The van der Waals surface area contributed by atoms with E-state index in [1.807, 2.05) is 0 Å². The van der Waals surface area contributed by atoms with Crippen LogP contribution in [0.2, 0.25) is 0 Å². The maximum atomic E-state index is 11.1. The fourth-order valence-electron chi connectivity index (χ4n) is 3.13. The number of hydrogen-bond donors (Lipinski definition) is 2. The molecule has 146 valence electrons. The molecule has 2 atom stereocenters. The third-order valence-corrected chi connectivity index (χ3v) is 6.25. The van der Waals surface area contributed by atoms with Crippen LogP contribution in [0.3, 0.4) is 0 Å². The van der Waals surface area contributed by atoms with Gasteiger partial charge in [-0.25, -0.2) is 0 Å². The van der Waals surface area contributed by atoms with Crippen LogP contribution in [-0.4, -0.2) is 29.4 Å². The Kier molecular flexibility index (Phi) is 15.1. The van der Waals surface area contributed by atoms with Crippen LogP contribution in [0.4, 0.5) is 0 Å². The summed E-state index contributed by atoms with van der Waals surface area (Å²) < 4.78 is 31.3. The van der Waals surface area contributed by atoms with Crippen molar-refractivity contribution in [1.29, 1.82) is 0 Å². The fraction of sp³-hybridized carbons (Fsp3) is 1.00. The van der Waals surface area contributed by atoms with E-state index >= 15 is 0 Å². The maximum absolute atomic E-state index is 11.1. The van der Waals surface area contributed by atoms with Gasteiger partial charge in [-0.15, -0.1) is 0 Å². The van der Waals surface area contributed by atoms with Gasteiger partial charge >= 0.3 is 0 Å². The van der Waals surface area contributed by atoms with Crippen molar-refractivity contribution in [2.24, 2.45) is 0 Å². The Labute approximate surface area is 150 Å². The van der Waals surface area contributed by atoms with Gasteiger partial charge in [-0.05, 0) is 25.7 Å². The average molecular weight is 365 g/mol. The molecule has 0 aliphatic carbocycles. The molecule has 0 saturated heterocycles. The molecule has 0 rings (SSSR count). The van der Waals surface area contributed by atoms with E-state index < -0.39 is 21.5 Å². The van der Waals surface area contributed by atoms with Gasteiger partial charge < -0.3 is 5.11 Å². The Morgan fingerprint density at radius 3 is 1.58 bits per heavy atom. The molecule has 0 heterocycles. The zero-order chi connectivity index (χ0) is 18.3. The molecule has 4 nitrogen and oxygen atoms in total.